The molecule has 3 nitrogen and oxygen atoms in total. The summed E-state index contributed by atoms with van der Waals surface area (Å²) in [5, 5.41) is 5.17. The van der Waals surface area contributed by atoms with Crippen molar-refractivity contribution in [3.05, 3.63) is 29.6 Å². The largest absolute Gasteiger partial charge is 0.371 e. The second-order valence-electron chi connectivity index (χ2n) is 4.40. The van der Waals surface area contributed by atoms with Crippen molar-refractivity contribution in [2.45, 2.75) is 31.8 Å². The van der Waals surface area contributed by atoms with Gasteiger partial charge in [-0.15, -0.1) is 0 Å². The first-order valence-electron chi connectivity index (χ1n) is 5.69. The molecule has 0 saturated heterocycles. The predicted molar refractivity (Wildman–Crippen MR) is 60.6 cm³/mol. The number of carbonyl (C=O) groups excluding carboxylic acids is 1. The summed E-state index contributed by atoms with van der Waals surface area (Å²) in [5.41, 5.74) is -0.356. The first kappa shape index (κ1) is 12.7. The third kappa shape index (κ3) is 2.94. The summed E-state index contributed by atoms with van der Waals surface area (Å²) >= 11 is 0. The smallest absolute Gasteiger partial charge is 0.242 e. The SMILES string of the molecule is CC(Nc1cc(F)cc(F)c1F)C(=O)NC1CC1. The van der Waals surface area contributed by atoms with Gasteiger partial charge in [0.1, 0.15) is 11.9 Å². The molecule has 1 aromatic rings. The zero-order valence-corrected chi connectivity index (χ0v) is 9.77. The van der Waals surface area contributed by atoms with E-state index in [0.29, 0.717) is 6.07 Å². The van der Waals surface area contributed by atoms with Crippen LogP contribution in [-0.2, 0) is 4.79 Å². The van der Waals surface area contributed by atoms with Crippen molar-refractivity contribution in [1.82, 2.24) is 5.32 Å². The third-order valence-corrected chi connectivity index (χ3v) is 2.68. The molecule has 0 aliphatic heterocycles. The van der Waals surface area contributed by atoms with Gasteiger partial charge in [-0.1, -0.05) is 0 Å². The monoisotopic (exact) mass is 258 g/mol. The number of halogens is 3. The van der Waals surface area contributed by atoms with Gasteiger partial charge in [-0.2, -0.15) is 0 Å². The first-order chi connectivity index (χ1) is 8.47. The molecule has 1 saturated carbocycles. The molecule has 6 heteroatoms. The van der Waals surface area contributed by atoms with Crippen LogP contribution in [0.3, 0.4) is 0 Å². The minimum atomic E-state index is -1.28. The van der Waals surface area contributed by atoms with Crippen molar-refractivity contribution in [1.29, 1.82) is 0 Å². The molecule has 0 heterocycles. The maximum atomic E-state index is 13.3. The summed E-state index contributed by atoms with van der Waals surface area (Å²) in [6.45, 7) is 1.50. The summed E-state index contributed by atoms with van der Waals surface area (Å²) in [6.07, 6.45) is 1.86. The van der Waals surface area contributed by atoms with Gasteiger partial charge in [-0.25, -0.2) is 13.2 Å². The van der Waals surface area contributed by atoms with Gasteiger partial charge in [0.25, 0.3) is 0 Å². The van der Waals surface area contributed by atoms with Crippen molar-refractivity contribution in [2.75, 3.05) is 5.32 Å². The molecule has 2 rings (SSSR count). The Balaban J connectivity index is 2.05. The summed E-state index contributed by atoms with van der Waals surface area (Å²) in [7, 11) is 0. The van der Waals surface area contributed by atoms with Crippen molar-refractivity contribution in [3.63, 3.8) is 0 Å². The highest BCUT2D eigenvalue weighted by Crippen LogP contribution is 2.21. The molecule has 1 aliphatic carbocycles. The molecular formula is C12H13F3N2O. The average Bonchev–Trinajstić information content (AvgIpc) is 3.08. The average molecular weight is 258 g/mol. The van der Waals surface area contributed by atoms with Crippen LogP contribution in [0.15, 0.2) is 12.1 Å². The van der Waals surface area contributed by atoms with Gasteiger partial charge in [0.2, 0.25) is 5.91 Å². The quantitative estimate of drug-likeness (QED) is 0.813. The Morgan fingerprint density at radius 2 is 2.00 bits per heavy atom. The molecule has 0 bridgehead atoms. The molecular weight excluding hydrogens is 245 g/mol. The highest BCUT2D eigenvalue weighted by molar-refractivity contribution is 5.84. The molecule has 18 heavy (non-hydrogen) atoms. The Labute approximate surface area is 102 Å². The van der Waals surface area contributed by atoms with E-state index in [1.54, 1.807) is 0 Å². The van der Waals surface area contributed by atoms with Crippen molar-refractivity contribution < 1.29 is 18.0 Å². The van der Waals surface area contributed by atoms with Crippen LogP contribution in [0.4, 0.5) is 18.9 Å². The van der Waals surface area contributed by atoms with Gasteiger partial charge in [0.05, 0.1) is 5.69 Å². The van der Waals surface area contributed by atoms with Crippen LogP contribution >= 0.6 is 0 Å². The maximum Gasteiger partial charge on any atom is 0.242 e. The summed E-state index contributed by atoms with van der Waals surface area (Å²) in [4.78, 5) is 11.6. The second-order valence-corrected chi connectivity index (χ2v) is 4.40. The zero-order chi connectivity index (χ0) is 13.3. The summed E-state index contributed by atoms with van der Waals surface area (Å²) in [6, 6.07) is 0.687. The lowest BCUT2D eigenvalue weighted by Gasteiger charge is -2.15. The van der Waals surface area contributed by atoms with Crippen LogP contribution in [0, 0.1) is 17.5 Å². The van der Waals surface area contributed by atoms with Gasteiger partial charge in [-0.3, -0.25) is 4.79 Å². The van der Waals surface area contributed by atoms with Crippen LogP contribution in [0.1, 0.15) is 19.8 Å². The number of benzene rings is 1. The van der Waals surface area contributed by atoms with Gasteiger partial charge in [0.15, 0.2) is 11.6 Å². The minimum absolute atomic E-state index is 0.177. The highest BCUT2D eigenvalue weighted by atomic mass is 19.2. The molecule has 1 aromatic carbocycles. The number of nitrogens with one attached hydrogen (secondary N) is 2. The molecule has 1 fully saturated rings. The summed E-state index contributed by atoms with van der Waals surface area (Å²) in [5.74, 6) is -3.69. The maximum absolute atomic E-state index is 13.3. The third-order valence-electron chi connectivity index (χ3n) is 2.68. The van der Waals surface area contributed by atoms with Crippen molar-refractivity contribution >= 4 is 11.6 Å². The number of carbonyl (C=O) groups is 1. The van der Waals surface area contributed by atoms with Crippen LogP contribution in [-0.4, -0.2) is 18.0 Å². The van der Waals surface area contributed by atoms with E-state index in [1.807, 2.05) is 0 Å². The van der Waals surface area contributed by atoms with E-state index in [2.05, 4.69) is 10.6 Å². The number of hydrogen-bond acceptors (Lipinski definition) is 2. The normalized spacial score (nSPS) is 16.2. The zero-order valence-electron chi connectivity index (χ0n) is 9.77. The van der Waals surface area contributed by atoms with Gasteiger partial charge in [0, 0.05) is 18.2 Å². The minimum Gasteiger partial charge on any atom is -0.371 e. The molecule has 98 valence electrons. The van der Waals surface area contributed by atoms with E-state index in [0.717, 1.165) is 18.9 Å². The standard InChI is InChI=1S/C12H13F3N2O/c1-6(12(18)17-8-2-3-8)16-10-5-7(13)4-9(14)11(10)15/h4-6,8,16H,2-3H2,1H3,(H,17,18). The fraction of sp³-hybridized carbons (Fsp3) is 0.417. The van der Waals surface area contributed by atoms with E-state index in [1.165, 1.54) is 6.92 Å². The Morgan fingerprint density at radius 1 is 1.33 bits per heavy atom. The lowest BCUT2D eigenvalue weighted by Crippen LogP contribution is -2.38. The fourth-order valence-corrected chi connectivity index (χ4v) is 1.51. The topological polar surface area (TPSA) is 41.1 Å². The first-order valence-corrected chi connectivity index (χ1v) is 5.69. The molecule has 1 unspecified atom stereocenters. The second kappa shape index (κ2) is 4.88. The Morgan fingerprint density at radius 3 is 2.61 bits per heavy atom. The number of rotatable bonds is 4. The molecule has 1 atom stereocenters. The van der Waals surface area contributed by atoms with Gasteiger partial charge in [-0.05, 0) is 19.8 Å². The molecule has 2 N–H and O–H groups in total. The van der Waals surface area contributed by atoms with E-state index < -0.39 is 23.5 Å². The van der Waals surface area contributed by atoms with Crippen LogP contribution in [0.2, 0.25) is 0 Å². The highest BCUT2D eigenvalue weighted by Gasteiger charge is 2.26. The molecule has 1 aliphatic rings. The van der Waals surface area contributed by atoms with Gasteiger partial charge >= 0.3 is 0 Å². The predicted octanol–water partition coefficient (Wildman–Crippen LogP) is 2.18. The van der Waals surface area contributed by atoms with E-state index in [9.17, 15) is 18.0 Å². The number of hydrogen-bond donors (Lipinski definition) is 2. The Bertz CT molecular complexity index is 475. The Kier molecular flexibility index (Phi) is 3.45. The van der Waals surface area contributed by atoms with Crippen LogP contribution in [0.25, 0.3) is 0 Å². The van der Waals surface area contributed by atoms with Crippen molar-refractivity contribution in [2.24, 2.45) is 0 Å². The van der Waals surface area contributed by atoms with Crippen molar-refractivity contribution in [3.8, 4) is 0 Å². The molecule has 0 aromatic heterocycles. The van der Waals surface area contributed by atoms with E-state index in [-0.39, 0.29) is 17.6 Å². The lowest BCUT2D eigenvalue weighted by atomic mass is 10.2. The van der Waals surface area contributed by atoms with E-state index >= 15 is 0 Å². The van der Waals surface area contributed by atoms with E-state index in [4.69, 9.17) is 0 Å². The molecule has 1 amide bonds. The fourth-order valence-electron chi connectivity index (χ4n) is 1.51. The van der Waals surface area contributed by atoms with Crippen LogP contribution < -0.4 is 10.6 Å². The van der Waals surface area contributed by atoms with Crippen LogP contribution in [0.5, 0.6) is 0 Å². The molecule has 0 radical (unpaired) electrons. The molecule has 0 spiro atoms. The summed E-state index contributed by atoms with van der Waals surface area (Å²) < 4.78 is 39.2. The number of amides is 1. The van der Waals surface area contributed by atoms with Gasteiger partial charge < -0.3 is 10.6 Å². The number of anilines is 1. The Hall–Kier alpha value is -1.72. The lowest BCUT2D eigenvalue weighted by molar-refractivity contribution is -0.121.